The molecule has 5 heteroatoms. The first-order valence-corrected chi connectivity index (χ1v) is 4.89. The molecule has 0 saturated heterocycles. The predicted octanol–water partition coefficient (Wildman–Crippen LogP) is 1.31. The SMILES string of the molecule is Cc1nn(CCOC(C)C)cc1C(=O)O. The van der Waals surface area contributed by atoms with Crippen LogP contribution in [0.25, 0.3) is 0 Å². The van der Waals surface area contributed by atoms with Gasteiger partial charge in [-0.25, -0.2) is 4.79 Å². The highest BCUT2D eigenvalue weighted by Crippen LogP contribution is 2.05. The van der Waals surface area contributed by atoms with Crippen LogP contribution in [0.5, 0.6) is 0 Å². The highest BCUT2D eigenvalue weighted by atomic mass is 16.5. The number of hydrogen-bond acceptors (Lipinski definition) is 3. The van der Waals surface area contributed by atoms with Crippen LogP contribution in [0, 0.1) is 6.92 Å². The molecule has 0 atom stereocenters. The molecular weight excluding hydrogens is 196 g/mol. The summed E-state index contributed by atoms with van der Waals surface area (Å²) in [4.78, 5) is 10.7. The number of hydrogen-bond donors (Lipinski definition) is 1. The van der Waals surface area contributed by atoms with Gasteiger partial charge in [0, 0.05) is 6.20 Å². The van der Waals surface area contributed by atoms with Gasteiger partial charge in [-0.05, 0) is 20.8 Å². The minimum atomic E-state index is -0.941. The van der Waals surface area contributed by atoms with Crippen LogP contribution >= 0.6 is 0 Å². The molecule has 0 amide bonds. The molecule has 0 saturated carbocycles. The molecule has 5 nitrogen and oxygen atoms in total. The van der Waals surface area contributed by atoms with Crippen molar-refractivity contribution in [2.75, 3.05) is 6.61 Å². The standard InChI is InChI=1S/C10H16N2O3/c1-7(2)15-5-4-12-6-9(10(13)14)8(3)11-12/h6-7H,4-5H2,1-3H3,(H,13,14). The molecule has 15 heavy (non-hydrogen) atoms. The van der Waals surface area contributed by atoms with Crippen LogP contribution in [0.15, 0.2) is 6.20 Å². The lowest BCUT2D eigenvalue weighted by molar-refractivity contribution is 0.0687. The Kier molecular flexibility index (Phi) is 3.85. The molecule has 0 unspecified atom stereocenters. The molecule has 0 radical (unpaired) electrons. The van der Waals surface area contributed by atoms with Crippen molar-refractivity contribution in [3.63, 3.8) is 0 Å². The van der Waals surface area contributed by atoms with E-state index < -0.39 is 5.97 Å². The van der Waals surface area contributed by atoms with E-state index in [2.05, 4.69) is 5.10 Å². The Morgan fingerprint density at radius 3 is 2.80 bits per heavy atom. The van der Waals surface area contributed by atoms with Crippen molar-refractivity contribution < 1.29 is 14.6 Å². The van der Waals surface area contributed by atoms with Gasteiger partial charge in [0.2, 0.25) is 0 Å². The number of carboxylic acid groups (broad SMARTS) is 1. The minimum Gasteiger partial charge on any atom is -0.478 e. The Morgan fingerprint density at radius 1 is 1.67 bits per heavy atom. The van der Waals surface area contributed by atoms with E-state index in [4.69, 9.17) is 9.84 Å². The summed E-state index contributed by atoms with van der Waals surface area (Å²) in [6.45, 7) is 6.71. The van der Waals surface area contributed by atoms with Gasteiger partial charge in [0.15, 0.2) is 0 Å². The third kappa shape index (κ3) is 3.36. The van der Waals surface area contributed by atoms with Crippen LogP contribution in [0.2, 0.25) is 0 Å². The van der Waals surface area contributed by atoms with Gasteiger partial charge in [-0.1, -0.05) is 0 Å². The van der Waals surface area contributed by atoms with Gasteiger partial charge >= 0.3 is 5.97 Å². The fourth-order valence-corrected chi connectivity index (χ4v) is 1.22. The van der Waals surface area contributed by atoms with Crippen molar-refractivity contribution in [2.45, 2.75) is 33.4 Å². The molecule has 1 N–H and O–H groups in total. The highest BCUT2D eigenvalue weighted by Gasteiger charge is 2.11. The second kappa shape index (κ2) is 4.93. The Labute approximate surface area is 88.7 Å². The summed E-state index contributed by atoms with van der Waals surface area (Å²) in [5.74, 6) is -0.941. The highest BCUT2D eigenvalue weighted by molar-refractivity contribution is 5.88. The van der Waals surface area contributed by atoms with Crippen molar-refractivity contribution in [3.8, 4) is 0 Å². The van der Waals surface area contributed by atoms with E-state index in [-0.39, 0.29) is 11.7 Å². The average molecular weight is 212 g/mol. The van der Waals surface area contributed by atoms with Crippen LogP contribution in [-0.4, -0.2) is 33.6 Å². The lowest BCUT2D eigenvalue weighted by Gasteiger charge is -2.06. The quantitative estimate of drug-likeness (QED) is 0.799. The zero-order chi connectivity index (χ0) is 11.4. The molecule has 1 heterocycles. The molecule has 1 aromatic heterocycles. The molecule has 84 valence electrons. The molecule has 0 spiro atoms. The van der Waals surface area contributed by atoms with Crippen LogP contribution in [-0.2, 0) is 11.3 Å². The van der Waals surface area contributed by atoms with Crippen LogP contribution in [0.3, 0.4) is 0 Å². The van der Waals surface area contributed by atoms with Crippen LogP contribution in [0.4, 0.5) is 0 Å². The average Bonchev–Trinajstić information content (AvgIpc) is 2.46. The Balaban J connectivity index is 2.56. The maximum Gasteiger partial charge on any atom is 0.339 e. The second-order valence-corrected chi connectivity index (χ2v) is 3.62. The van der Waals surface area contributed by atoms with Gasteiger partial charge in [-0.2, -0.15) is 5.10 Å². The van der Waals surface area contributed by atoms with Crippen molar-refractivity contribution in [1.82, 2.24) is 9.78 Å². The smallest absolute Gasteiger partial charge is 0.339 e. The zero-order valence-corrected chi connectivity index (χ0v) is 9.23. The number of aromatic nitrogens is 2. The molecular formula is C10H16N2O3. The third-order valence-electron chi connectivity index (χ3n) is 1.95. The Bertz CT molecular complexity index is 344. The summed E-state index contributed by atoms with van der Waals surface area (Å²) in [6, 6.07) is 0. The number of carboxylic acids is 1. The third-order valence-corrected chi connectivity index (χ3v) is 1.95. The lowest BCUT2D eigenvalue weighted by Crippen LogP contribution is -2.10. The van der Waals surface area contributed by atoms with Gasteiger partial charge in [-0.15, -0.1) is 0 Å². The van der Waals surface area contributed by atoms with E-state index in [0.29, 0.717) is 18.8 Å². The van der Waals surface area contributed by atoms with Gasteiger partial charge in [0.05, 0.1) is 24.9 Å². The molecule has 1 aromatic rings. The van der Waals surface area contributed by atoms with Gasteiger partial charge in [0.1, 0.15) is 5.56 Å². The summed E-state index contributed by atoms with van der Waals surface area (Å²) >= 11 is 0. The van der Waals surface area contributed by atoms with Gasteiger partial charge in [-0.3, -0.25) is 4.68 Å². The Morgan fingerprint density at radius 2 is 2.33 bits per heavy atom. The van der Waals surface area contributed by atoms with Crippen LogP contribution < -0.4 is 0 Å². The first kappa shape index (κ1) is 11.7. The summed E-state index contributed by atoms with van der Waals surface area (Å²) in [5, 5.41) is 12.9. The number of ether oxygens (including phenoxy) is 1. The molecule has 0 bridgehead atoms. The number of aryl methyl sites for hydroxylation is 1. The van der Waals surface area contributed by atoms with E-state index in [1.54, 1.807) is 11.6 Å². The first-order chi connectivity index (χ1) is 7.00. The number of aromatic carboxylic acids is 1. The monoisotopic (exact) mass is 212 g/mol. The van der Waals surface area contributed by atoms with E-state index in [1.807, 2.05) is 13.8 Å². The van der Waals surface area contributed by atoms with Crippen molar-refractivity contribution in [3.05, 3.63) is 17.5 Å². The topological polar surface area (TPSA) is 64.4 Å². The van der Waals surface area contributed by atoms with Crippen molar-refractivity contribution in [2.24, 2.45) is 0 Å². The van der Waals surface area contributed by atoms with E-state index in [9.17, 15) is 4.79 Å². The summed E-state index contributed by atoms with van der Waals surface area (Å²) in [5.41, 5.74) is 0.784. The summed E-state index contributed by atoms with van der Waals surface area (Å²) in [6.07, 6.45) is 1.71. The van der Waals surface area contributed by atoms with Gasteiger partial charge in [0.25, 0.3) is 0 Å². The van der Waals surface area contributed by atoms with E-state index in [1.165, 1.54) is 6.20 Å². The lowest BCUT2D eigenvalue weighted by atomic mass is 10.3. The zero-order valence-electron chi connectivity index (χ0n) is 9.23. The first-order valence-electron chi connectivity index (χ1n) is 4.89. The normalized spacial score (nSPS) is 10.9. The summed E-state index contributed by atoms with van der Waals surface area (Å²) in [7, 11) is 0. The van der Waals surface area contributed by atoms with Gasteiger partial charge < -0.3 is 9.84 Å². The second-order valence-electron chi connectivity index (χ2n) is 3.62. The van der Waals surface area contributed by atoms with Crippen molar-refractivity contribution >= 4 is 5.97 Å². The molecule has 0 aromatic carbocycles. The molecule has 0 fully saturated rings. The maximum atomic E-state index is 10.7. The fraction of sp³-hybridized carbons (Fsp3) is 0.600. The number of carbonyl (C=O) groups is 1. The molecule has 1 rings (SSSR count). The largest absolute Gasteiger partial charge is 0.478 e. The summed E-state index contributed by atoms with van der Waals surface area (Å²) < 4.78 is 6.95. The van der Waals surface area contributed by atoms with Crippen LogP contribution in [0.1, 0.15) is 29.9 Å². The number of nitrogens with zero attached hydrogens (tertiary/aromatic N) is 2. The van der Waals surface area contributed by atoms with E-state index >= 15 is 0 Å². The molecule has 0 aliphatic carbocycles. The fourth-order valence-electron chi connectivity index (χ4n) is 1.22. The van der Waals surface area contributed by atoms with Crippen molar-refractivity contribution in [1.29, 1.82) is 0 Å². The van der Waals surface area contributed by atoms with E-state index in [0.717, 1.165) is 0 Å². The number of rotatable bonds is 5. The molecule has 0 aliphatic rings. The Hall–Kier alpha value is -1.36. The maximum absolute atomic E-state index is 10.7. The minimum absolute atomic E-state index is 0.181. The molecule has 0 aliphatic heterocycles. The predicted molar refractivity (Wildman–Crippen MR) is 55.0 cm³/mol.